The standard InChI is InChI=1S/C18H24F3N9.ClH/c1-4-23-15-12(17(19,20)21)10-24-18(22,27-15)14-9-13(28-29(14)11-5-6-11)16(2,3)30-25-7-8-26-30;/h7-11,24H,4-6,22H2,1-3H3,(H,23,27);1H/i1D3,4D2;. The molecule has 1 unspecified atom stereocenters. The van der Waals surface area contributed by atoms with Gasteiger partial charge in [-0.05, 0) is 39.6 Å². The Labute approximate surface area is 190 Å². The molecule has 4 rings (SSSR count). The summed E-state index contributed by atoms with van der Waals surface area (Å²) in [6.45, 7) is -2.89. The molecule has 1 aliphatic heterocycles. The van der Waals surface area contributed by atoms with Crippen LogP contribution in [0.2, 0.25) is 0 Å². The van der Waals surface area contributed by atoms with Crippen LogP contribution < -0.4 is 16.4 Å². The van der Waals surface area contributed by atoms with Crippen molar-refractivity contribution in [3.63, 3.8) is 0 Å². The Morgan fingerprint density at radius 2 is 2.03 bits per heavy atom. The zero-order valence-corrected chi connectivity index (χ0v) is 17.4. The van der Waals surface area contributed by atoms with Crippen molar-refractivity contribution in [2.45, 2.75) is 57.1 Å². The molecule has 13 heteroatoms. The van der Waals surface area contributed by atoms with Crippen molar-refractivity contribution in [1.29, 1.82) is 0 Å². The van der Waals surface area contributed by atoms with E-state index < -0.39 is 42.3 Å². The molecule has 31 heavy (non-hydrogen) atoms. The SMILES string of the molecule is Cl.[2H]C([2H])([2H])C([2H])([2H])NC1=NC(N)(c2cc(C(C)(C)n3nccn3)nn2C2CC2)NC=C1C(F)(F)F. The number of nitrogens with zero attached hydrogens (tertiary/aromatic N) is 6. The van der Waals surface area contributed by atoms with E-state index in [1.807, 2.05) is 0 Å². The van der Waals surface area contributed by atoms with Gasteiger partial charge in [-0.15, -0.1) is 12.4 Å². The van der Waals surface area contributed by atoms with E-state index in [4.69, 9.17) is 12.6 Å². The van der Waals surface area contributed by atoms with Crippen LogP contribution in [0.3, 0.4) is 0 Å². The van der Waals surface area contributed by atoms with Crippen LogP contribution in [-0.4, -0.2) is 43.3 Å². The van der Waals surface area contributed by atoms with E-state index in [1.54, 1.807) is 29.9 Å². The van der Waals surface area contributed by atoms with Crippen molar-refractivity contribution in [2.75, 3.05) is 6.50 Å². The Morgan fingerprint density at radius 1 is 1.35 bits per heavy atom. The fraction of sp³-hybridized carbons (Fsp3) is 0.556. The van der Waals surface area contributed by atoms with Gasteiger partial charge >= 0.3 is 6.18 Å². The van der Waals surface area contributed by atoms with Gasteiger partial charge in [0.2, 0.25) is 5.79 Å². The molecule has 4 N–H and O–H groups in total. The molecule has 0 radical (unpaired) electrons. The fourth-order valence-corrected chi connectivity index (χ4v) is 3.20. The molecule has 1 aliphatic carbocycles. The molecule has 170 valence electrons. The van der Waals surface area contributed by atoms with Gasteiger partial charge in [0, 0.05) is 19.6 Å². The van der Waals surface area contributed by atoms with Crippen LogP contribution in [0.25, 0.3) is 0 Å². The van der Waals surface area contributed by atoms with Crippen molar-refractivity contribution >= 4 is 18.2 Å². The van der Waals surface area contributed by atoms with E-state index in [1.165, 1.54) is 17.2 Å². The third kappa shape index (κ3) is 4.13. The van der Waals surface area contributed by atoms with Gasteiger partial charge in [-0.1, -0.05) is 0 Å². The Balaban J connectivity index is 0.00000361. The van der Waals surface area contributed by atoms with E-state index in [9.17, 15) is 13.2 Å². The van der Waals surface area contributed by atoms with Crippen LogP contribution in [0.15, 0.2) is 35.2 Å². The first kappa shape index (κ1) is 17.0. The second kappa shape index (κ2) is 7.83. The van der Waals surface area contributed by atoms with Crippen molar-refractivity contribution in [2.24, 2.45) is 10.7 Å². The zero-order chi connectivity index (χ0) is 26.0. The summed E-state index contributed by atoms with van der Waals surface area (Å²) < 4.78 is 80.2. The molecular weight excluding hydrogens is 435 g/mol. The topological polar surface area (TPSA) is 111 Å². The van der Waals surface area contributed by atoms with Crippen molar-refractivity contribution in [3.05, 3.63) is 41.6 Å². The molecule has 0 spiro atoms. The van der Waals surface area contributed by atoms with E-state index in [2.05, 4.69) is 25.6 Å². The van der Waals surface area contributed by atoms with Crippen LogP contribution >= 0.6 is 12.4 Å². The van der Waals surface area contributed by atoms with E-state index in [0.29, 0.717) is 11.9 Å². The monoisotopic (exact) mass is 464 g/mol. The Morgan fingerprint density at radius 3 is 2.61 bits per heavy atom. The molecular formula is C18H25ClF3N9. The molecule has 0 bridgehead atoms. The maximum Gasteiger partial charge on any atom is 0.421 e. The number of likely N-dealkylation sites (N-methyl/N-ethyl adjacent to an activating group) is 1. The lowest BCUT2D eigenvalue weighted by atomic mass is 10.0. The molecule has 0 amide bonds. The number of amidine groups is 1. The molecule has 2 aromatic heterocycles. The number of hydrogen-bond donors (Lipinski definition) is 3. The highest BCUT2D eigenvalue weighted by Crippen LogP contribution is 2.40. The summed E-state index contributed by atoms with van der Waals surface area (Å²) in [6, 6.07) is 1.51. The summed E-state index contributed by atoms with van der Waals surface area (Å²) in [5.41, 5.74) is 4.87. The lowest BCUT2D eigenvalue weighted by Gasteiger charge is -2.32. The highest BCUT2D eigenvalue weighted by molar-refractivity contribution is 6.00. The zero-order valence-electron chi connectivity index (χ0n) is 21.6. The second-order valence-electron chi connectivity index (χ2n) is 7.65. The van der Waals surface area contributed by atoms with Gasteiger partial charge in [-0.25, -0.2) is 4.99 Å². The number of halogens is 4. The smallest absolute Gasteiger partial charge is 0.370 e. The maximum atomic E-state index is 13.7. The third-order valence-corrected chi connectivity index (χ3v) is 5.03. The first-order chi connectivity index (χ1) is 16.0. The van der Waals surface area contributed by atoms with Crippen molar-refractivity contribution in [3.8, 4) is 0 Å². The van der Waals surface area contributed by atoms with Gasteiger partial charge < -0.3 is 10.6 Å². The summed E-state index contributed by atoms with van der Waals surface area (Å²) in [6.07, 6.45) is 0.113. The highest BCUT2D eigenvalue weighted by Gasteiger charge is 2.45. The minimum Gasteiger partial charge on any atom is -0.370 e. The predicted octanol–water partition coefficient (Wildman–Crippen LogP) is 2.14. The van der Waals surface area contributed by atoms with E-state index in [-0.39, 0.29) is 24.1 Å². The first-order valence-electron chi connectivity index (χ1n) is 11.7. The number of aromatic nitrogens is 5. The fourth-order valence-electron chi connectivity index (χ4n) is 3.20. The molecule has 2 aromatic rings. The van der Waals surface area contributed by atoms with Crippen LogP contribution in [-0.2, 0) is 11.3 Å². The second-order valence-corrected chi connectivity index (χ2v) is 7.65. The number of alkyl halides is 3. The number of nitrogens with one attached hydrogen (secondary N) is 2. The van der Waals surface area contributed by atoms with Crippen LogP contribution in [0.5, 0.6) is 0 Å². The summed E-state index contributed by atoms with van der Waals surface area (Å²) in [7, 11) is 0. The van der Waals surface area contributed by atoms with Crippen LogP contribution in [0.4, 0.5) is 13.2 Å². The number of nitrogens with two attached hydrogens (primary N) is 1. The summed E-state index contributed by atoms with van der Waals surface area (Å²) >= 11 is 0. The van der Waals surface area contributed by atoms with Gasteiger partial charge in [0.25, 0.3) is 0 Å². The van der Waals surface area contributed by atoms with Crippen LogP contribution in [0, 0.1) is 0 Å². The molecule has 9 nitrogen and oxygen atoms in total. The van der Waals surface area contributed by atoms with Gasteiger partial charge in [0.15, 0.2) is 0 Å². The number of hydrogen-bond acceptors (Lipinski definition) is 7. The average Bonchev–Trinajstić information content (AvgIpc) is 3.21. The van der Waals surface area contributed by atoms with Crippen molar-refractivity contribution in [1.82, 2.24) is 35.4 Å². The van der Waals surface area contributed by atoms with Gasteiger partial charge in [0.1, 0.15) is 22.6 Å². The third-order valence-electron chi connectivity index (χ3n) is 5.03. The molecule has 0 saturated heterocycles. The minimum absolute atomic E-state index is 0. The quantitative estimate of drug-likeness (QED) is 0.625. The maximum absolute atomic E-state index is 13.7. The normalized spacial score (nSPS) is 24.9. The van der Waals surface area contributed by atoms with Crippen molar-refractivity contribution < 1.29 is 20.0 Å². The molecule has 1 saturated carbocycles. The number of rotatable bonds is 5. The average molecular weight is 465 g/mol. The minimum atomic E-state index is -4.97. The first-order valence-corrected chi connectivity index (χ1v) is 9.15. The lowest BCUT2D eigenvalue weighted by Crippen LogP contribution is -2.53. The van der Waals surface area contributed by atoms with E-state index >= 15 is 0 Å². The van der Waals surface area contributed by atoms with Gasteiger partial charge in [-0.2, -0.15) is 33.3 Å². The molecule has 3 heterocycles. The summed E-state index contributed by atoms with van der Waals surface area (Å²) in [5, 5.41) is 17.2. The summed E-state index contributed by atoms with van der Waals surface area (Å²) in [5.74, 6) is -3.05. The molecule has 2 aliphatic rings. The summed E-state index contributed by atoms with van der Waals surface area (Å²) in [4.78, 5) is 5.38. The van der Waals surface area contributed by atoms with E-state index in [0.717, 1.165) is 12.8 Å². The van der Waals surface area contributed by atoms with Crippen LogP contribution in [0.1, 0.15) is 57.8 Å². The largest absolute Gasteiger partial charge is 0.421 e. The predicted molar refractivity (Wildman–Crippen MR) is 110 cm³/mol. The number of aliphatic imine (C=N–C) groups is 1. The molecule has 0 aromatic carbocycles. The Hall–Kier alpha value is -2.60. The Kier molecular flexibility index (Phi) is 4.29. The molecule has 1 fully saturated rings. The molecule has 1 atom stereocenters. The van der Waals surface area contributed by atoms with Gasteiger partial charge in [0.05, 0.1) is 24.1 Å². The highest BCUT2D eigenvalue weighted by atomic mass is 35.5. The Bertz CT molecular complexity index is 1170. The lowest BCUT2D eigenvalue weighted by molar-refractivity contribution is -0.0872. The van der Waals surface area contributed by atoms with Gasteiger partial charge in [-0.3, -0.25) is 10.4 Å².